The van der Waals surface area contributed by atoms with Crippen LogP contribution in [0, 0.1) is 5.95 Å². The first-order chi connectivity index (χ1) is 20.4. The van der Waals surface area contributed by atoms with Gasteiger partial charge in [0.15, 0.2) is 0 Å². The maximum Gasteiger partial charge on any atom is 0.318 e. The number of ether oxygens (including phenoxy) is 1. The van der Waals surface area contributed by atoms with Gasteiger partial charge in [-0.3, -0.25) is 0 Å². The second-order valence-corrected chi connectivity index (χ2v) is 12.2. The summed E-state index contributed by atoms with van der Waals surface area (Å²) in [4.78, 5) is 20.5. The van der Waals surface area contributed by atoms with E-state index in [1.807, 2.05) is 22.8 Å². The molecule has 42 heavy (non-hydrogen) atoms. The average molecular weight is 592 g/mol. The normalized spacial score (nSPS) is 21.0. The van der Waals surface area contributed by atoms with Crippen LogP contribution >= 0.6 is 11.6 Å². The molecule has 0 amide bonds. The zero-order chi connectivity index (χ0) is 29.0. The molecule has 1 fully saturated rings. The first-order valence-corrected chi connectivity index (χ1v) is 15.1. The standard InChI is InChI=1S/C31H35ClFN7O2/c1-19-14-39-18-34-29(33)27(39)16-40(19)30-23-9-11-38(26-13-22(41)12-20-6-5-8-24(32)28(20)26)15-25(23)35-31(36-30)42-17-21-7-3-4-10-37(21)2/h5-6,8,12-13,18-19,21,41H,3-4,7,9-11,14-17H2,1-2H3/t19-,21+/m1/s1. The minimum Gasteiger partial charge on any atom is -0.508 e. The Morgan fingerprint density at radius 3 is 2.88 bits per heavy atom. The Labute approximate surface area is 249 Å². The molecule has 0 saturated carbocycles. The molecule has 0 radical (unpaired) electrons. The number of fused-ring (bicyclic) bond motifs is 3. The highest BCUT2D eigenvalue weighted by Gasteiger charge is 2.33. The van der Waals surface area contributed by atoms with Crippen molar-refractivity contribution in [1.29, 1.82) is 0 Å². The lowest BCUT2D eigenvalue weighted by Crippen LogP contribution is -2.43. The maximum atomic E-state index is 14.6. The van der Waals surface area contributed by atoms with Crippen LogP contribution in [-0.4, -0.2) is 68.4 Å². The molecule has 2 aromatic heterocycles. The number of halogens is 2. The van der Waals surface area contributed by atoms with E-state index >= 15 is 0 Å². The minimum atomic E-state index is -0.439. The first kappa shape index (κ1) is 27.2. The van der Waals surface area contributed by atoms with Gasteiger partial charge in [0, 0.05) is 42.2 Å². The van der Waals surface area contributed by atoms with Gasteiger partial charge in [-0.05, 0) is 57.3 Å². The van der Waals surface area contributed by atoms with Gasteiger partial charge >= 0.3 is 6.01 Å². The molecule has 9 nitrogen and oxygen atoms in total. The molecule has 11 heteroatoms. The summed E-state index contributed by atoms with van der Waals surface area (Å²) >= 11 is 6.67. The molecule has 0 bridgehead atoms. The smallest absolute Gasteiger partial charge is 0.318 e. The Hall–Kier alpha value is -3.63. The van der Waals surface area contributed by atoms with Crippen LogP contribution in [0.1, 0.15) is 43.1 Å². The highest BCUT2D eigenvalue weighted by atomic mass is 35.5. The fourth-order valence-corrected chi connectivity index (χ4v) is 6.97. The number of likely N-dealkylation sites (tertiary alicyclic amines) is 1. The van der Waals surface area contributed by atoms with Crippen LogP contribution in [-0.2, 0) is 26.1 Å². The summed E-state index contributed by atoms with van der Waals surface area (Å²) in [6.45, 7) is 5.89. The van der Waals surface area contributed by atoms with Gasteiger partial charge in [0.1, 0.15) is 18.2 Å². The molecule has 3 aliphatic rings. The third kappa shape index (κ3) is 4.90. The van der Waals surface area contributed by atoms with Gasteiger partial charge in [-0.15, -0.1) is 0 Å². The number of likely N-dealkylation sites (N-methyl/N-ethyl adjacent to an activating group) is 1. The highest BCUT2D eigenvalue weighted by Crippen LogP contribution is 2.40. The topological polar surface area (TPSA) is 82.8 Å². The number of aromatic hydroxyl groups is 1. The molecule has 2 aromatic carbocycles. The van der Waals surface area contributed by atoms with Crippen molar-refractivity contribution < 1.29 is 14.2 Å². The molecule has 7 rings (SSSR count). The van der Waals surface area contributed by atoms with E-state index in [1.54, 1.807) is 18.5 Å². The molecule has 5 heterocycles. The van der Waals surface area contributed by atoms with Crippen LogP contribution in [0.4, 0.5) is 15.9 Å². The Kier molecular flexibility index (Phi) is 7.06. The van der Waals surface area contributed by atoms with Crippen molar-refractivity contribution in [3.63, 3.8) is 0 Å². The second kappa shape index (κ2) is 10.9. The maximum absolute atomic E-state index is 14.6. The van der Waals surface area contributed by atoms with Crippen molar-refractivity contribution >= 4 is 33.9 Å². The molecule has 0 spiro atoms. The van der Waals surface area contributed by atoms with E-state index in [0.29, 0.717) is 62.0 Å². The van der Waals surface area contributed by atoms with Crippen molar-refractivity contribution in [3.8, 4) is 11.8 Å². The van der Waals surface area contributed by atoms with Gasteiger partial charge < -0.3 is 29.1 Å². The van der Waals surface area contributed by atoms with Crippen LogP contribution in [0.2, 0.25) is 5.02 Å². The fraction of sp³-hybridized carbons (Fsp3) is 0.452. The molecular weight excluding hydrogens is 557 g/mol. The number of aromatic nitrogens is 4. The van der Waals surface area contributed by atoms with Crippen LogP contribution < -0.4 is 14.5 Å². The highest BCUT2D eigenvalue weighted by molar-refractivity contribution is 6.36. The van der Waals surface area contributed by atoms with Crippen molar-refractivity contribution in [2.45, 2.75) is 64.3 Å². The molecule has 0 aliphatic carbocycles. The lowest BCUT2D eigenvalue weighted by Gasteiger charge is -2.39. The molecule has 4 aromatic rings. The van der Waals surface area contributed by atoms with Crippen molar-refractivity contribution in [1.82, 2.24) is 24.4 Å². The fourth-order valence-electron chi connectivity index (χ4n) is 6.70. The number of phenols is 1. The SMILES string of the molecule is C[C@@H]1Cn2cnc(F)c2CN1c1nc(OC[C@@H]2CCCCN2C)nc2c1CCN(c1cc(O)cc3cccc(Cl)c13)C2. The summed E-state index contributed by atoms with van der Waals surface area (Å²) in [5.74, 6) is 0.547. The Bertz CT molecular complexity index is 1650. The van der Waals surface area contributed by atoms with Crippen LogP contribution in [0.3, 0.4) is 0 Å². The van der Waals surface area contributed by atoms with Crippen LogP contribution in [0.5, 0.6) is 11.8 Å². The molecule has 2 atom stereocenters. The Morgan fingerprint density at radius 2 is 2.02 bits per heavy atom. The Morgan fingerprint density at radius 1 is 1.14 bits per heavy atom. The molecule has 220 valence electrons. The minimum absolute atomic E-state index is 0.0780. The van der Waals surface area contributed by atoms with Gasteiger partial charge in [0.05, 0.1) is 41.5 Å². The zero-order valence-electron chi connectivity index (χ0n) is 23.9. The number of imidazole rings is 1. The number of phenolic OH excluding ortho intramolecular Hbond substituents is 1. The van der Waals surface area contributed by atoms with Crippen molar-refractivity contribution in [2.75, 3.05) is 36.5 Å². The molecule has 3 aliphatic heterocycles. The summed E-state index contributed by atoms with van der Waals surface area (Å²) in [5.41, 5.74) is 3.34. The molecular formula is C31H35ClFN7O2. The van der Waals surface area contributed by atoms with E-state index in [1.165, 1.54) is 12.8 Å². The monoisotopic (exact) mass is 591 g/mol. The van der Waals surface area contributed by atoms with Crippen LogP contribution in [0.25, 0.3) is 10.8 Å². The van der Waals surface area contributed by atoms with Gasteiger partial charge in [-0.25, -0.2) is 4.98 Å². The van der Waals surface area contributed by atoms with Gasteiger partial charge in [0.2, 0.25) is 5.95 Å². The average Bonchev–Trinajstić information content (AvgIpc) is 3.34. The number of rotatable bonds is 5. The summed E-state index contributed by atoms with van der Waals surface area (Å²) < 4.78 is 22.8. The van der Waals surface area contributed by atoms with E-state index in [4.69, 9.17) is 26.3 Å². The van der Waals surface area contributed by atoms with Gasteiger partial charge in [0.25, 0.3) is 0 Å². The van der Waals surface area contributed by atoms with E-state index in [-0.39, 0.29) is 11.8 Å². The number of anilines is 2. The summed E-state index contributed by atoms with van der Waals surface area (Å²) in [6, 6.07) is 9.96. The summed E-state index contributed by atoms with van der Waals surface area (Å²) in [7, 11) is 2.14. The van der Waals surface area contributed by atoms with E-state index < -0.39 is 5.95 Å². The van der Waals surface area contributed by atoms with Crippen molar-refractivity contribution in [3.05, 3.63) is 64.6 Å². The number of nitrogens with zero attached hydrogens (tertiary/aromatic N) is 7. The van der Waals surface area contributed by atoms with E-state index in [0.717, 1.165) is 46.5 Å². The van der Waals surface area contributed by atoms with Gasteiger partial charge in [-0.1, -0.05) is 30.2 Å². The lowest BCUT2D eigenvalue weighted by atomic mass is 10.0. The molecule has 1 N–H and O–H groups in total. The molecule has 0 unspecified atom stereocenters. The second-order valence-electron chi connectivity index (χ2n) is 11.8. The third-order valence-electron chi connectivity index (χ3n) is 9.06. The summed E-state index contributed by atoms with van der Waals surface area (Å²) in [5, 5.41) is 13.0. The Balaban J connectivity index is 1.27. The number of hydrogen-bond donors (Lipinski definition) is 1. The van der Waals surface area contributed by atoms with Crippen LogP contribution in [0.15, 0.2) is 36.7 Å². The number of hydrogen-bond acceptors (Lipinski definition) is 8. The van der Waals surface area contributed by atoms with Crippen molar-refractivity contribution in [2.24, 2.45) is 0 Å². The van der Waals surface area contributed by atoms with E-state index in [2.05, 4.69) is 33.7 Å². The number of benzene rings is 2. The third-order valence-corrected chi connectivity index (χ3v) is 9.38. The number of piperidine rings is 1. The summed E-state index contributed by atoms with van der Waals surface area (Å²) in [6.07, 6.45) is 5.74. The zero-order valence-corrected chi connectivity index (χ0v) is 24.7. The van der Waals surface area contributed by atoms with Gasteiger partial charge in [-0.2, -0.15) is 14.4 Å². The predicted octanol–water partition coefficient (Wildman–Crippen LogP) is 5.16. The van der Waals surface area contributed by atoms with E-state index in [9.17, 15) is 9.50 Å². The lowest BCUT2D eigenvalue weighted by molar-refractivity contribution is 0.119. The predicted molar refractivity (Wildman–Crippen MR) is 161 cm³/mol. The quantitative estimate of drug-likeness (QED) is 0.341. The first-order valence-electron chi connectivity index (χ1n) is 14.7. The molecule has 1 saturated heterocycles. The largest absolute Gasteiger partial charge is 0.508 e.